The van der Waals surface area contributed by atoms with E-state index >= 15 is 0 Å². The second-order valence-electron chi connectivity index (χ2n) is 9.77. The van der Waals surface area contributed by atoms with Gasteiger partial charge < -0.3 is 0 Å². The Morgan fingerprint density at radius 1 is 0.606 bits per heavy atom. The van der Waals surface area contributed by atoms with Crippen LogP contribution in [0.15, 0.2) is 54.7 Å². The first-order chi connectivity index (χ1) is 16.4. The lowest BCUT2D eigenvalue weighted by Gasteiger charge is -2.10. The lowest BCUT2D eigenvalue weighted by Crippen LogP contribution is -2.02. The van der Waals surface area contributed by atoms with Gasteiger partial charge in [0.1, 0.15) is 5.82 Å². The molecule has 0 N–H and O–H groups in total. The number of rotatable bonds is 18. The molecule has 0 bridgehead atoms. The quantitative estimate of drug-likeness (QED) is 0.178. The van der Waals surface area contributed by atoms with E-state index in [4.69, 9.17) is 0 Å². The number of fused-ring (bicyclic) bond motifs is 1. The molecule has 0 amide bonds. The summed E-state index contributed by atoms with van der Waals surface area (Å²) in [5, 5.41) is 1.31. The number of nitrogens with zero attached hydrogens (tertiary/aromatic N) is 2. The van der Waals surface area contributed by atoms with Crippen molar-refractivity contribution in [3.05, 3.63) is 60.4 Å². The molecule has 0 atom stereocenters. The number of hydrogen-bond donors (Lipinski definition) is 0. The highest BCUT2D eigenvalue weighted by molar-refractivity contribution is 5.83. The molecule has 2 heteroatoms. The Labute approximate surface area is 202 Å². The van der Waals surface area contributed by atoms with Gasteiger partial charge in [0, 0.05) is 17.3 Å². The van der Waals surface area contributed by atoms with Crippen LogP contribution in [0.5, 0.6) is 0 Å². The number of aryl methyl sites for hydroxylation is 1. The van der Waals surface area contributed by atoms with Gasteiger partial charge in [0.2, 0.25) is 0 Å². The van der Waals surface area contributed by atoms with Gasteiger partial charge in [-0.2, -0.15) is 0 Å². The molecule has 0 fully saturated rings. The molecule has 0 aliphatic rings. The molecule has 0 aliphatic heterocycles. The van der Waals surface area contributed by atoms with Gasteiger partial charge in [-0.05, 0) is 37.1 Å². The molecule has 2 nitrogen and oxygen atoms in total. The summed E-state index contributed by atoms with van der Waals surface area (Å²) in [5.74, 6) is 1.03. The molecule has 0 spiro atoms. The fraction of sp³-hybridized carbons (Fsp3) is 0.581. The van der Waals surface area contributed by atoms with Crippen LogP contribution in [0.1, 0.15) is 115 Å². The first-order valence-electron chi connectivity index (χ1n) is 13.9. The van der Waals surface area contributed by atoms with Gasteiger partial charge >= 0.3 is 0 Å². The van der Waals surface area contributed by atoms with Crippen LogP contribution < -0.4 is 0 Å². The van der Waals surface area contributed by atoms with Crippen LogP contribution in [-0.2, 0) is 6.42 Å². The maximum atomic E-state index is 4.62. The lowest BCUT2D eigenvalue weighted by molar-refractivity contribution is 0.529. The highest BCUT2D eigenvalue weighted by Gasteiger charge is 2.10. The average Bonchev–Trinajstić information content (AvgIpc) is 3.22. The summed E-state index contributed by atoms with van der Waals surface area (Å²) in [6, 6.07) is 17.2. The van der Waals surface area contributed by atoms with Crippen molar-refractivity contribution < 1.29 is 0 Å². The van der Waals surface area contributed by atoms with Gasteiger partial charge in [-0.15, -0.1) is 0 Å². The van der Waals surface area contributed by atoms with Gasteiger partial charge in [-0.25, -0.2) is 4.98 Å². The van der Waals surface area contributed by atoms with E-state index in [0.29, 0.717) is 0 Å². The summed E-state index contributed by atoms with van der Waals surface area (Å²) < 4.78 is 2.35. The molecule has 0 saturated heterocycles. The topological polar surface area (TPSA) is 17.8 Å². The summed E-state index contributed by atoms with van der Waals surface area (Å²) in [6.07, 6.45) is 25.7. The second-order valence-corrected chi connectivity index (χ2v) is 9.77. The highest BCUT2D eigenvalue weighted by Crippen LogP contribution is 2.25. The van der Waals surface area contributed by atoms with E-state index in [1.165, 1.54) is 119 Å². The summed E-state index contributed by atoms with van der Waals surface area (Å²) in [7, 11) is 0. The van der Waals surface area contributed by atoms with Crippen LogP contribution in [0, 0.1) is 0 Å². The number of benzene rings is 1. The second kappa shape index (κ2) is 15.7. The van der Waals surface area contributed by atoms with Crippen LogP contribution in [0.25, 0.3) is 16.7 Å². The molecule has 1 aromatic carbocycles. The van der Waals surface area contributed by atoms with E-state index in [0.717, 1.165) is 12.2 Å². The predicted octanol–water partition coefficient (Wildman–Crippen LogP) is 9.83. The Kier molecular flexibility index (Phi) is 12.1. The van der Waals surface area contributed by atoms with E-state index in [9.17, 15) is 0 Å². The van der Waals surface area contributed by atoms with E-state index in [-0.39, 0.29) is 0 Å². The first kappa shape index (κ1) is 25.5. The molecule has 0 aliphatic carbocycles. The standard InChI is InChI=1S/C31H46N2/c1-2-3-4-5-6-7-8-9-10-11-12-13-14-15-16-17-23-29-27-28-22-18-19-24-30(28)33(29)31-25-20-21-26-32-31/h18-22,24-27H,2-17,23H2,1H3. The van der Waals surface area contributed by atoms with Crippen LogP contribution in [-0.4, -0.2) is 9.55 Å². The Bertz CT molecular complexity index is 880. The number of hydrogen-bond acceptors (Lipinski definition) is 1. The minimum atomic E-state index is 1.03. The van der Waals surface area contributed by atoms with Crippen LogP contribution in [0.3, 0.4) is 0 Å². The third-order valence-electron chi connectivity index (χ3n) is 6.95. The first-order valence-corrected chi connectivity index (χ1v) is 13.9. The SMILES string of the molecule is CCCCCCCCCCCCCCCCCCc1cc2ccccc2n1-c1ccccn1. The van der Waals surface area contributed by atoms with Crippen molar-refractivity contribution in [3.63, 3.8) is 0 Å². The van der Waals surface area contributed by atoms with E-state index in [1.807, 2.05) is 12.3 Å². The van der Waals surface area contributed by atoms with Crippen molar-refractivity contribution in [3.8, 4) is 5.82 Å². The van der Waals surface area contributed by atoms with Gasteiger partial charge in [0.05, 0.1) is 5.52 Å². The Morgan fingerprint density at radius 3 is 1.73 bits per heavy atom. The lowest BCUT2D eigenvalue weighted by atomic mass is 10.0. The zero-order valence-electron chi connectivity index (χ0n) is 21.1. The monoisotopic (exact) mass is 446 g/mol. The Balaban J connectivity index is 1.25. The van der Waals surface area contributed by atoms with Crippen molar-refractivity contribution in [2.24, 2.45) is 0 Å². The van der Waals surface area contributed by atoms with E-state index in [1.54, 1.807) is 0 Å². The van der Waals surface area contributed by atoms with Crippen molar-refractivity contribution in [1.82, 2.24) is 9.55 Å². The van der Waals surface area contributed by atoms with Crippen molar-refractivity contribution in [2.75, 3.05) is 0 Å². The number of para-hydroxylation sites is 1. The summed E-state index contributed by atoms with van der Waals surface area (Å²) in [4.78, 5) is 4.62. The molecule has 33 heavy (non-hydrogen) atoms. The normalized spacial score (nSPS) is 11.4. The highest BCUT2D eigenvalue weighted by atomic mass is 15.1. The van der Waals surface area contributed by atoms with Crippen molar-refractivity contribution >= 4 is 10.9 Å². The smallest absolute Gasteiger partial charge is 0.137 e. The molecule has 2 heterocycles. The molecule has 0 radical (unpaired) electrons. The molecular weight excluding hydrogens is 400 g/mol. The molecule has 2 aromatic heterocycles. The third kappa shape index (κ3) is 8.99. The minimum absolute atomic E-state index is 1.03. The predicted molar refractivity (Wildman–Crippen MR) is 144 cm³/mol. The maximum absolute atomic E-state index is 4.62. The summed E-state index contributed by atoms with van der Waals surface area (Å²) in [5.41, 5.74) is 2.66. The van der Waals surface area contributed by atoms with Crippen molar-refractivity contribution in [1.29, 1.82) is 0 Å². The summed E-state index contributed by atoms with van der Waals surface area (Å²) in [6.45, 7) is 2.30. The largest absolute Gasteiger partial charge is 0.298 e. The Morgan fingerprint density at radius 2 is 1.15 bits per heavy atom. The zero-order chi connectivity index (χ0) is 23.0. The van der Waals surface area contributed by atoms with Crippen LogP contribution in [0.2, 0.25) is 0 Å². The fourth-order valence-corrected chi connectivity index (χ4v) is 5.01. The zero-order valence-corrected chi connectivity index (χ0v) is 21.1. The van der Waals surface area contributed by atoms with Gasteiger partial charge in [-0.1, -0.05) is 128 Å². The third-order valence-corrected chi connectivity index (χ3v) is 6.95. The number of unbranched alkanes of at least 4 members (excludes halogenated alkanes) is 15. The van der Waals surface area contributed by atoms with Gasteiger partial charge in [0.15, 0.2) is 0 Å². The molecular formula is C31H46N2. The molecule has 3 aromatic rings. The summed E-state index contributed by atoms with van der Waals surface area (Å²) >= 11 is 0. The van der Waals surface area contributed by atoms with E-state index in [2.05, 4.69) is 58.9 Å². The van der Waals surface area contributed by atoms with Gasteiger partial charge in [-0.3, -0.25) is 4.57 Å². The van der Waals surface area contributed by atoms with Gasteiger partial charge in [0.25, 0.3) is 0 Å². The molecule has 0 unspecified atom stereocenters. The van der Waals surface area contributed by atoms with Crippen LogP contribution in [0.4, 0.5) is 0 Å². The van der Waals surface area contributed by atoms with Crippen molar-refractivity contribution in [2.45, 2.75) is 116 Å². The average molecular weight is 447 g/mol. The number of pyridine rings is 1. The molecule has 180 valence electrons. The Hall–Kier alpha value is -2.09. The van der Waals surface area contributed by atoms with E-state index < -0.39 is 0 Å². The molecule has 3 rings (SSSR count). The van der Waals surface area contributed by atoms with Crippen LogP contribution >= 0.6 is 0 Å². The fourth-order valence-electron chi connectivity index (χ4n) is 5.01. The minimum Gasteiger partial charge on any atom is -0.298 e. The molecule has 0 saturated carbocycles. The number of aromatic nitrogens is 2. The maximum Gasteiger partial charge on any atom is 0.137 e.